The van der Waals surface area contributed by atoms with Crippen molar-refractivity contribution < 1.29 is 28.2 Å². The van der Waals surface area contributed by atoms with Crippen molar-refractivity contribution in [2.24, 2.45) is 0 Å². The van der Waals surface area contributed by atoms with Gasteiger partial charge >= 0.3 is 5.97 Å². The van der Waals surface area contributed by atoms with E-state index in [9.17, 15) is 14.4 Å². The molecule has 38 heavy (non-hydrogen) atoms. The van der Waals surface area contributed by atoms with Gasteiger partial charge in [0, 0.05) is 10.7 Å². The number of methoxy groups -OCH3 is 1. The van der Waals surface area contributed by atoms with Crippen molar-refractivity contribution in [2.45, 2.75) is 19.9 Å². The maximum Gasteiger partial charge on any atom is 0.338 e. The molecule has 2 heterocycles. The van der Waals surface area contributed by atoms with Gasteiger partial charge in [0.1, 0.15) is 5.58 Å². The van der Waals surface area contributed by atoms with Gasteiger partial charge < -0.3 is 18.6 Å². The first-order valence-electron chi connectivity index (χ1n) is 12.1. The molecule has 0 radical (unpaired) electrons. The van der Waals surface area contributed by atoms with Crippen molar-refractivity contribution in [3.63, 3.8) is 0 Å². The molecule has 1 unspecified atom stereocenters. The third-order valence-corrected chi connectivity index (χ3v) is 6.53. The molecular formula is C29H24ClNO7. The molecule has 1 aromatic heterocycles. The Kier molecular flexibility index (Phi) is 6.82. The van der Waals surface area contributed by atoms with Gasteiger partial charge in [-0.15, -0.1) is 0 Å². The minimum absolute atomic E-state index is 0.0582. The number of fused-ring (bicyclic) bond motifs is 2. The second kappa shape index (κ2) is 10.2. The number of anilines is 1. The van der Waals surface area contributed by atoms with E-state index in [2.05, 4.69) is 0 Å². The highest BCUT2D eigenvalue weighted by Gasteiger charge is 2.44. The zero-order chi connectivity index (χ0) is 27.0. The van der Waals surface area contributed by atoms with Crippen LogP contribution >= 0.6 is 11.6 Å². The molecule has 194 valence electrons. The lowest BCUT2D eigenvalue weighted by Gasteiger charge is -2.26. The Morgan fingerprint density at radius 2 is 1.74 bits per heavy atom. The zero-order valence-electron chi connectivity index (χ0n) is 20.9. The van der Waals surface area contributed by atoms with Crippen LogP contribution in [0.15, 0.2) is 69.9 Å². The number of carbonyl (C=O) groups is 2. The number of halogens is 1. The Morgan fingerprint density at radius 3 is 2.42 bits per heavy atom. The normalized spacial score (nSPS) is 14.5. The molecular weight excluding hydrogens is 510 g/mol. The predicted molar refractivity (Wildman–Crippen MR) is 143 cm³/mol. The fourth-order valence-electron chi connectivity index (χ4n) is 4.63. The number of carbonyl (C=O) groups excluding carboxylic acids is 2. The van der Waals surface area contributed by atoms with Crippen molar-refractivity contribution in [3.05, 3.63) is 98.4 Å². The molecule has 0 fully saturated rings. The van der Waals surface area contributed by atoms with Gasteiger partial charge in [-0.2, -0.15) is 0 Å². The van der Waals surface area contributed by atoms with Crippen LogP contribution in [-0.4, -0.2) is 32.2 Å². The van der Waals surface area contributed by atoms with Crippen molar-refractivity contribution in [3.8, 4) is 11.5 Å². The molecule has 0 bridgehead atoms. The van der Waals surface area contributed by atoms with Crippen molar-refractivity contribution in [1.29, 1.82) is 0 Å². The summed E-state index contributed by atoms with van der Waals surface area (Å²) < 4.78 is 22.2. The highest BCUT2D eigenvalue weighted by atomic mass is 35.5. The zero-order valence-corrected chi connectivity index (χ0v) is 21.7. The first-order valence-corrected chi connectivity index (χ1v) is 12.4. The van der Waals surface area contributed by atoms with Crippen molar-refractivity contribution >= 4 is 40.1 Å². The summed E-state index contributed by atoms with van der Waals surface area (Å²) in [6.45, 7) is 4.27. The van der Waals surface area contributed by atoms with E-state index in [1.165, 1.54) is 18.1 Å². The molecule has 9 heteroatoms. The molecule has 0 saturated heterocycles. The smallest absolute Gasteiger partial charge is 0.338 e. The van der Waals surface area contributed by atoms with Crippen LogP contribution in [0, 0.1) is 0 Å². The minimum atomic E-state index is -0.838. The number of esters is 1. The van der Waals surface area contributed by atoms with Crippen LogP contribution in [0.5, 0.6) is 11.5 Å². The van der Waals surface area contributed by atoms with Crippen LogP contribution in [-0.2, 0) is 4.74 Å². The third-order valence-electron chi connectivity index (χ3n) is 6.29. The highest BCUT2D eigenvalue weighted by Crippen LogP contribution is 2.43. The van der Waals surface area contributed by atoms with Gasteiger partial charge in [0.05, 0.1) is 42.9 Å². The number of ether oxygens (including phenoxy) is 3. The Hall–Kier alpha value is -4.30. The summed E-state index contributed by atoms with van der Waals surface area (Å²) in [5, 5.41) is 0.645. The molecule has 1 amide bonds. The summed E-state index contributed by atoms with van der Waals surface area (Å²) in [6, 6.07) is 15.5. The fourth-order valence-corrected chi connectivity index (χ4v) is 4.80. The number of amides is 1. The standard InChI is InChI=1S/C29H24ClNO7/c1-4-36-22-12-8-17(14-23(22)35-3)25-24-26(32)20-15-18(30)9-13-21(20)38-27(24)28(33)31(25)19-10-6-16(7-11-19)29(34)37-5-2/h6-15,25H,4-5H2,1-3H3. The fraction of sp³-hybridized carbons (Fsp3) is 0.207. The van der Waals surface area contributed by atoms with Gasteiger partial charge in [0.15, 0.2) is 16.9 Å². The summed E-state index contributed by atoms with van der Waals surface area (Å²) in [7, 11) is 1.52. The van der Waals surface area contributed by atoms with Gasteiger partial charge in [-0.3, -0.25) is 14.5 Å². The third kappa shape index (κ3) is 4.26. The lowest BCUT2D eigenvalue weighted by Crippen LogP contribution is -2.29. The van der Waals surface area contributed by atoms with E-state index in [1.807, 2.05) is 6.92 Å². The van der Waals surface area contributed by atoms with E-state index in [0.29, 0.717) is 39.9 Å². The van der Waals surface area contributed by atoms with E-state index in [-0.39, 0.29) is 34.3 Å². The van der Waals surface area contributed by atoms with Crippen LogP contribution in [0.4, 0.5) is 5.69 Å². The highest BCUT2D eigenvalue weighted by molar-refractivity contribution is 6.31. The summed E-state index contributed by atoms with van der Waals surface area (Å²) in [6.07, 6.45) is 0. The number of hydrogen-bond acceptors (Lipinski definition) is 7. The van der Waals surface area contributed by atoms with Crippen molar-refractivity contribution in [2.75, 3.05) is 25.2 Å². The first kappa shape index (κ1) is 25.4. The average Bonchev–Trinajstić information content (AvgIpc) is 3.22. The predicted octanol–water partition coefficient (Wildman–Crippen LogP) is 5.78. The van der Waals surface area contributed by atoms with Gasteiger partial charge in [-0.05, 0) is 74.0 Å². The Morgan fingerprint density at radius 1 is 0.974 bits per heavy atom. The quantitative estimate of drug-likeness (QED) is 0.278. The van der Waals surface area contributed by atoms with E-state index >= 15 is 0 Å². The summed E-state index contributed by atoms with van der Waals surface area (Å²) in [4.78, 5) is 41.3. The van der Waals surface area contributed by atoms with Crippen LogP contribution in [0.2, 0.25) is 5.02 Å². The topological polar surface area (TPSA) is 95.3 Å². The van der Waals surface area contributed by atoms with Gasteiger partial charge in [-0.1, -0.05) is 17.7 Å². The van der Waals surface area contributed by atoms with Gasteiger partial charge in [0.2, 0.25) is 5.76 Å². The van der Waals surface area contributed by atoms with Crippen LogP contribution in [0.3, 0.4) is 0 Å². The molecule has 4 aromatic rings. The molecule has 1 atom stereocenters. The van der Waals surface area contributed by atoms with Crippen LogP contribution in [0.25, 0.3) is 11.0 Å². The number of benzene rings is 3. The van der Waals surface area contributed by atoms with Gasteiger partial charge in [0.25, 0.3) is 5.91 Å². The number of nitrogens with zero attached hydrogens (tertiary/aromatic N) is 1. The molecule has 0 spiro atoms. The first-order chi connectivity index (χ1) is 18.4. The van der Waals surface area contributed by atoms with Gasteiger partial charge in [-0.25, -0.2) is 4.79 Å². The second-order valence-electron chi connectivity index (χ2n) is 8.50. The molecule has 0 N–H and O–H groups in total. The van der Waals surface area contributed by atoms with Crippen LogP contribution in [0.1, 0.15) is 51.9 Å². The molecule has 1 aliphatic heterocycles. The Balaban J connectivity index is 1.72. The summed E-state index contributed by atoms with van der Waals surface area (Å²) >= 11 is 6.17. The number of rotatable bonds is 7. The monoisotopic (exact) mass is 533 g/mol. The van der Waals surface area contributed by atoms with Crippen LogP contribution < -0.4 is 19.8 Å². The molecule has 5 rings (SSSR count). The molecule has 0 aliphatic carbocycles. The average molecular weight is 534 g/mol. The maximum absolute atomic E-state index is 13.8. The largest absolute Gasteiger partial charge is 0.493 e. The minimum Gasteiger partial charge on any atom is -0.493 e. The molecule has 8 nitrogen and oxygen atoms in total. The molecule has 1 aliphatic rings. The molecule has 0 saturated carbocycles. The van der Waals surface area contributed by atoms with Crippen molar-refractivity contribution in [1.82, 2.24) is 0 Å². The van der Waals surface area contributed by atoms with E-state index in [0.717, 1.165) is 0 Å². The van der Waals surface area contributed by atoms with E-state index < -0.39 is 17.9 Å². The SMILES string of the molecule is CCOC(=O)c1ccc(N2C(=O)c3oc4ccc(Cl)cc4c(=O)c3C2c2ccc(OCC)c(OC)c2)cc1. The number of hydrogen-bond donors (Lipinski definition) is 0. The maximum atomic E-state index is 13.8. The summed E-state index contributed by atoms with van der Waals surface area (Å²) in [5.74, 6) is -0.0299. The lowest BCUT2D eigenvalue weighted by atomic mass is 9.97. The van der Waals surface area contributed by atoms with E-state index in [1.54, 1.807) is 61.5 Å². The van der Waals surface area contributed by atoms with E-state index in [4.69, 9.17) is 30.2 Å². The molecule has 3 aromatic carbocycles. The Labute approximate surface area is 223 Å². The Bertz CT molecular complexity index is 1610. The lowest BCUT2D eigenvalue weighted by molar-refractivity contribution is 0.0526. The second-order valence-corrected chi connectivity index (χ2v) is 8.94. The summed E-state index contributed by atoms with van der Waals surface area (Å²) in [5.41, 5.74) is 1.50.